The zero-order valence-electron chi connectivity index (χ0n) is 13.8. The van der Waals surface area contributed by atoms with E-state index in [1.807, 2.05) is 6.07 Å². The molecule has 2 rings (SSSR count). The molecule has 0 aliphatic heterocycles. The van der Waals surface area contributed by atoms with Crippen LogP contribution in [-0.2, 0) is 10.0 Å². The molecule has 0 saturated carbocycles. The van der Waals surface area contributed by atoms with E-state index in [4.69, 9.17) is 5.73 Å². The molecule has 0 aromatic heterocycles. The van der Waals surface area contributed by atoms with Crippen molar-refractivity contribution in [2.45, 2.75) is 24.8 Å². The molecule has 2 aromatic carbocycles. The van der Waals surface area contributed by atoms with E-state index in [0.29, 0.717) is 11.1 Å². The van der Waals surface area contributed by atoms with E-state index in [1.54, 1.807) is 30.3 Å². The van der Waals surface area contributed by atoms with Crippen molar-refractivity contribution in [2.24, 2.45) is 5.73 Å². The van der Waals surface area contributed by atoms with Gasteiger partial charge in [-0.3, -0.25) is 10.1 Å². The van der Waals surface area contributed by atoms with Crippen LogP contribution in [0.4, 0.5) is 5.69 Å². The number of halogens is 1. The van der Waals surface area contributed by atoms with Crippen LogP contribution in [0.5, 0.6) is 0 Å². The predicted octanol–water partition coefficient (Wildman–Crippen LogP) is 2.61. The number of nitro benzene ring substituents is 1. The third-order valence-electron chi connectivity index (χ3n) is 3.70. The second kappa shape index (κ2) is 8.39. The van der Waals surface area contributed by atoms with Crippen LogP contribution in [-0.4, -0.2) is 19.9 Å². The van der Waals surface area contributed by atoms with Crippen LogP contribution in [0.3, 0.4) is 0 Å². The molecule has 0 saturated heterocycles. The number of nitrogens with zero attached hydrogens (tertiary/aromatic N) is 1. The molecule has 0 heterocycles. The van der Waals surface area contributed by atoms with E-state index < -0.39 is 26.7 Å². The molecular formula is C16H20ClN3O4S. The van der Waals surface area contributed by atoms with Gasteiger partial charge in [0.25, 0.3) is 5.69 Å². The highest BCUT2D eigenvalue weighted by Crippen LogP contribution is 2.30. The Morgan fingerprint density at radius 3 is 2.24 bits per heavy atom. The largest absolute Gasteiger partial charge is 0.323 e. The minimum absolute atomic E-state index is 0. The third-order valence-corrected chi connectivity index (χ3v) is 5.30. The van der Waals surface area contributed by atoms with E-state index in [0.717, 1.165) is 5.56 Å². The van der Waals surface area contributed by atoms with E-state index in [9.17, 15) is 18.5 Å². The maximum absolute atomic E-state index is 12.6. The maximum Gasteiger partial charge on any atom is 0.292 e. The average molecular weight is 386 g/mol. The zero-order chi connectivity index (χ0) is 17.9. The average Bonchev–Trinajstić information content (AvgIpc) is 2.55. The van der Waals surface area contributed by atoms with Crippen molar-refractivity contribution in [2.75, 3.05) is 6.54 Å². The Kier molecular flexibility index (Phi) is 7.06. The molecule has 1 unspecified atom stereocenters. The highest BCUT2D eigenvalue weighted by atomic mass is 35.5. The highest BCUT2D eigenvalue weighted by molar-refractivity contribution is 7.89. The van der Waals surface area contributed by atoms with Crippen LogP contribution < -0.4 is 10.5 Å². The van der Waals surface area contributed by atoms with Gasteiger partial charge in [0.05, 0.1) is 4.92 Å². The summed E-state index contributed by atoms with van der Waals surface area (Å²) in [4.78, 5) is 10.3. The second-order valence-corrected chi connectivity index (χ2v) is 7.21. The standard InChI is InChI=1S/C16H19N3O4S.ClH/c1-11-8-9-12(2)16(15(11)19(20)21)24(22,23)18-10-14(17)13-6-4-3-5-7-13;/h3-9,14,18H,10,17H2,1-2H3;1H. The molecule has 0 spiro atoms. The number of hydrogen-bond acceptors (Lipinski definition) is 5. The van der Waals surface area contributed by atoms with Gasteiger partial charge in [-0.25, -0.2) is 13.1 Å². The van der Waals surface area contributed by atoms with Crippen molar-refractivity contribution in [1.82, 2.24) is 4.72 Å². The lowest BCUT2D eigenvalue weighted by molar-refractivity contribution is -0.388. The lowest BCUT2D eigenvalue weighted by Gasteiger charge is -2.15. The van der Waals surface area contributed by atoms with Crippen LogP contribution in [0.2, 0.25) is 0 Å². The first-order valence-electron chi connectivity index (χ1n) is 7.29. The quantitative estimate of drug-likeness (QED) is 0.585. The minimum Gasteiger partial charge on any atom is -0.323 e. The van der Waals surface area contributed by atoms with Gasteiger partial charge in [-0.15, -0.1) is 12.4 Å². The Balaban J connectivity index is 0.00000312. The zero-order valence-corrected chi connectivity index (χ0v) is 15.4. The normalized spacial score (nSPS) is 12.3. The Bertz CT molecular complexity index is 857. The SMILES string of the molecule is Cc1ccc(C)c(S(=O)(=O)NCC(N)c2ccccc2)c1[N+](=O)[O-].Cl. The molecule has 2 aromatic rings. The molecule has 0 bridgehead atoms. The van der Waals surface area contributed by atoms with Crippen molar-refractivity contribution in [1.29, 1.82) is 0 Å². The fourth-order valence-electron chi connectivity index (χ4n) is 2.43. The molecule has 9 heteroatoms. The molecule has 0 radical (unpaired) electrons. The van der Waals surface area contributed by atoms with Gasteiger partial charge in [-0.1, -0.05) is 42.5 Å². The number of rotatable bonds is 6. The fraction of sp³-hybridized carbons (Fsp3) is 0.250. The smallest absolute Gasteiger partial charge is 0.292 e. The summed E-state index contributed by atoms with van der Waals surface area (Å²) < 4.78 is 27.6. The first kappa shape index (κ1) is 21.0. The first-order valence-corrected chi connectivity index (χ1v) is 8.77. The predicted molar refractivity (Wildman–Crippen MR) is 98.4 cm³/mol. The van der Waals surface area contributed by atoms with Crippen LogP contribution in [0, 0.1) is 24.0 Å². The van der Waals surface area contributed by atoms with Gasteiger partial charge < -0.3 is 5.73 Å². The Morgan fingerprint density at radius 2 is 1.68 bits per heavy atom. The Labute approximate surface area is 152 Å². The molecule has 0 aliphatic rings. The molecule has 0 fully saturated rings. The first-order chi connectivity index (χ1) is 11.2. The summed E-state index contributed by atoms with van der Waals surface area (Å²) in [5.41, 5.74) is 6.96. The number of nitro groups is 1. The number of nitrogens with two attached hydrogens (primary N) is 1. The lowest BCUT2D eigenvalue weighted by Crippen LogP contribution is -2.32. The summed E-state index contributed by atoms with van der Waals surface area (Å²) in [5.74, 6) is 0. The molecule has 7 nitrogen and oxygen atoms in total. The van der Waals surface area contributed by atoms with Gasteiger partial charge in [0.1, 0.15) is 0 Å². The topological polar surface area (TPSA) is 115 Å². The number of hydrogen-bond donors (Lipinski definition) is 2. The van der Waals surface area contributed by atoms with Crippen LogP contribution in [0.1, 0.15) is 22.7 Å². The van der Waals surface area contributed by atoms with E-state index >= 15 is 0 Å². The van der Waals surface area contributed by atoms with Gasteiger partial charge in [0, 0.05) is 18.2 Å². The van der Waals surface area contributed by atoms with Crippen molar-refractivity contribution in [3.8, 4) is 0 Å². The number of sulfonamides is 1. The van der Waals surface area contributed by atoms with Crippen molar-refractivity contribution >= 4 is 28.1 Å². The highest BCUT2D eigenvalue weighted by Gasteiger charge is 2.30. The Morgan fingerprint density at radius 1 is 1.12 bits per heavy atom. The Hall–Kier alpha value is -2.00. The monoisotopic (exact) mass is 385 g/mol. The molecule has 1 atom stereocenters. The van der Waals surface area contributed by atoms with Gasteiger partial charge >= 0.3 is 0 Å². The molecule has 25 heavy (non-hydrogen) atoms. The van der Waals surface area contributed by atoms with Crippen molar-refractivity contribution < 1.29 is 13.3 Å². The van der Waals surface area contributed by atoms with Crippen LogP contribution in [0.25, 0.3) is 0 Å². The number of benzene rings is 2. The van der Waals surface area contributed by atoms with Gasteiger partial charge in [-0.05, 0) is 25.0 Å². The molecule has 0 aliphatic carbocycles. The van der Waals surface area contributed by atoms with Crippen molar-refractivity contribution in [3.05, 3.63) is 69.3 Å². The molecule has 136 valence electrons. The summed E-state index contributed by atoms with van der Waals surface area (Å²) in [5, 5.41) is 11.3. The molecule has 3 N–H and O–H groups in total. The summed E-state index contributed by atoms with van der Waals surface area (Å²) in [6.07, 6.45) is 0. The van der Waals surface area contributed by atoms with Crippen LogP contribution in [0.15, 0.2) is 47.4 Å². The third kappa shape index (κ3) is 4.76. The van der Waals surface area contributed by atoms with E-state index in [-0.39, 0.29) is 23.8 Å². The van der Waals surface area contributed by atoms with Gasteiger partial charge in [-0.2, -0.15) is 0 Å². The van der Waals surface area contributed by atoms with Gasteiger partial charge in [0.15, 0.2) is 4.90 Å². The molecule has 0 amide bonds. The van der Waals surface area contributed by atoms with E-state index in [1.165, 1.54) is 19.9 Å². The summed E-state index contributed by atoms with van der Waals surface area (Å²) in [7, 11) is -4.06. The maximum atomic E-state index is 12.6. The summed E-state index contributed by atoms with van der Waals surface area (Å²) >= 11 is 0. The number of nitrogens with one attached hydrogen (secondary N) is 1. The van der Waals surface area contributed by atoms with Gasteiger partial charge in [0.2, 0.25) is 10.0 Å². The minimum atomic E-state index is -4.06. The summed E-state index contributed by atoms with van der Waals surface area (Å²) in [6.45, 7) is 2.97. The summed E-state index contributed by atoms with van der Waals surface area (Å²) in [6, 6.07) is 11.6. The number of aryl methyl sites for hydroxylation is 2. The second-order valence-electron chi connectivity index (χ2n) is 5.50. The van der Waals surface area contributed by atoms with E-state index in [2.05, 4.69) is 4.72 Å². The fourth-order valence-corrected chi connectivity index (χ4v) is 3.95. The molecular weight excluding hydrogens is 366 g/mol. The van der Waals surface area contributed by atoms with Crippen molar-refractivity contribution in [3.63, 3.8) is 0 Å². The lowest BCUT2D eigenvalue weighted by atomic mass is 10.1. The van der Waals surface area contributed by atoms with Crippen LogP contribution >= 0.6 is 12.4 Å².